The molecule has 2 aromatic heterocycles. The molecular formula is C10H10F2N4O. The van der Waals surface area contributed by atoms with E-state index in [9.17, 15) is 8.78 Å². The van der Waals surface area contributed by atoms with Gasteiger partial charge in [-0.3, -0.25) is 0 Å². The standard InChI is InChI=1S/C10H10F2N4O/c1-6-8(5-17)16(15-14-6)9-3-2-7(4-13-9)10(11)12/h2-4,10,17H,5H2,1H3. The minimum atomic E-state index is -2.55. The van der Waals surface area contributed by atoms with Gasteiger partial charge in [-0.15, -0.1) is 5.10 Å². The lowest BCUT2D eigenvalue weighted by atomic mass is 10.3. The van der Waals surface area contributed by atoms with E-state index in [1.165, 1.54) is 16.8 Å². The zero-order chi connectivity index (χ0) is 12.4. The Kier molecular flexibility index (Phi) is 3.10. The van der Waals surface area contributed by atoms with Crippen LogP contribution in [-0.4, -0.2) is 25.1 Å². The van der Waals surface area contributed by atoms with Gasteiger partial charge in [-0.2, -0.15) is 4.68 Å². The van der Waals surface area contributed by atoms with Crippen molar-refractivity contribution in [3.05, 3.63) is 35.3 Å². The Morgan fingerprint density at radius 3 is 2.71 bits per heavy atom. The number of hydrogen-bond donors (Lipinski definition) is 1. The van der Waals surface area contributed by atoms with Crippen molar-refractivity contribution >= 4 is 0 Å². The van der Waals surface area contributed by atoms with Crippen LogP contribution in [0.4, 0.5) is 8.78 Å². The second-order valence-corrected chi connectivity index (χ2v) is 3.44. The summed E-state index contributed by atoms with van der Waals surface area (Å²) in [5.41, 5.74) is 0.908. The Hall–Kier alpha value is -1.89. The first kappa shape index (κ1) is 11.6. The molecule has 0 spiro atoms. The van der Waals surface area contributed by atoms with Crippen molar-refractivity contribution in [1.29, 1.82) is 0 Å². The molecule has 7 heteroatoms. The van der Waals surface area contributed by atoms with E-state index in [0.717, 1.165) is 6.20 Å². The Balaban J connectivity index is 2.39. The summed E-state index contributed by atoms with van der Waals surface area (Å²) in [5, 5.41) is 16.7. The number of nitrogens with zero attached hydrogens (tertiary/aromatic N) is 4. The van der Waals surface area contributed by atoms with Crippen molar-refractivity contribution in [2.45, 2.75) is 20.0 Å². The largest absolute Gasteiger partial charge is 0.390 e. The number of rotatable bonds is 3. The molecule has 2 heterocycles. The van der Waals surface area contributed by atoms with Gasteiger partial charge in [-0.1, -0.05) is 5.21 Å². The summed E-state index contributed by atoms with van der Waals surface area (Å²) in [6, 6.07) is 2.68. The van der Waals surface area contributed by atoms with Gasteiger partial charge in [0, 0.05) is 11.8 Å². The molecule has 1 N–H and O–H groups in total. The molecule has 90 valence electrons. The molecule has 2 rings (SSSR count). The van der Waals surface area contributed by atoms with Crippen LogP contribution in [0.2, 0.25) is 0 Å². The van der Waals surface area contributed by atoms with Gasteiger partial charge in [-0.05, 0) is 19.1 Å². The maximum atomic E-state index is 12.3. The summed E-state index contributed by atoms with van der Waals surface area (Å²) in [6.45, 7) is 1.46. The molecule has 17 heavy (non-hydrogen) atoms. The van der Waals surface area contributed by atoms with Crippen LogP contribution in [-0.2, 0) is 6.61 Å². The molecule has 0 atom stereocenters. The first-order valence-corrected chi connectivity index (χ1v) is 4.90. The molecule has 0 fully saturated rings. The molecule has 2 aromatic rings. The van der Waals surface area contributed by atoms with Gasteiger partial charge in [0.2, 0.25) is 0 Å². The normalized spacial score (nSPS) is 11.1. The lowest BCUT2D eigenvalue weighted by Crippen LogP contribution is -2.05. The maximum Gasteiger partial charge on any atom is 0.265 e. The Morgan fingerprint density at radius 2 is 2.18 bits per heavy atom. The second-order valence-electron chi connectivity index (χ2n) is 3.44. The van der Waals surface area contributed by atoms with Crippen molar-refractivity contribution in [1.82, 2.24) is 20.0 Å². The summed E-state index contributed by atoms with van der Waals surface area (Å²) in [4.78, 5) is 3.86. The van der Waals surface area contributed by atoms with Gasteiger partial charge in [0.15, 0.2) is 5.82 Å². The number of alkyl halides is 2. The monoisotopic (exact) mass is 240 g/mol. The predicted molar refractivity (Wildman–Crippen MR) is 54.8 cm³/mol. The van der Waals surface area contributed by atoms with Crippen LogP contribution >= 0.6 is 0 Å². The third kappa shape index (κ3) is 2.14. The predicted octanol–water partition coefficient (Wildman–Crippen LogP) is 1.40. The third-order valence-corrected chi connectivity index (χ3v) is 2.35. The number of pyridine rings is 1. The summed E-state index contributed by atoms with van der Waals surface area (Å²) in [7, 11) is 0. The molecule has 0 saturated carbocycles. The van der Waals surface area contributed by atoms with Crippen LogP contribution in [0.5, 0.6) is 0 Å². The summed E-state index contributed by atoms with van der Waals surface area (Å²) in [6.07, 6.45) is -1.47. The molecule has 5 nitrogen and oxygen atoms in total. The molecule has 0 bridgehead atoms. The minimum absolute atomic E-state index is 0.156. The highest BCUT2D eigenvalue weighted by Crippen LogP contribution is 2.18. The molecule has 0 radical (unpaired) electrons. The molecule has 0 unspecified atom stereocenters. The van der Waals surface area contributed by atoms with E-state index in [1.54, 1.807) is 6.92 Å². The highest BCUT2D eigenvalue weighted by atomic mass is 19.3. The minimum Gasteiger partial charge on any atom is -0.390 e. The average molecular weight is 240 g/mol. The number of aryl methyl sites for hydroxylation is 1. The van der Waals surface area contributed by atoms with Gasteiger partial charge >= 0.3 is 0 Å². The fourth-order valence-electron chi connectivity index (χ4n) is 1.39. The first-order valence-electron chi connectivity index (χ1n) is 4.90. The molecule has 0 amide bonds. The van der Waals surface area contributed by atoms with Gasteiger partial charge in [0.1, 0.15) is 0 Å². The van der Waals surface area contributed by atoms with Gasteiger partial charge in [0.25, 0.3) is 6.43 Å². The summed E-state index contributed by atoms with van der Waals surface area (Å²) >= 11 is 0. The summed E-state index contributed by atoms with van der Waals surface area (Å²) in [5.74, 6) is 0.346. The highest BCUT2D eigenvalue weighted by molar-refractivity contribution is 5.28. The van der Waals surface area contributed by atoms with Crippen LogP contribution in [0, 0.1) is 6.92 Å². The molecule has 0 aromatic carbocycles. The zero-order valence-corrected chi connectivity index (χ0v) is 9.01. The van der Waals surface area contributed by atoms with Crippen molar-refractivity contribution < 1.29 is 13.9 Å². The number of hydrogen-bond acceptors (Lipinski definition) is 4. The quantitative estimate of drug-likeness (QED) is 0.880. The number of aromatic nitrogens is 4. The first-order chi connectivity index (χ1) is 8.13. The van der Waals surface area contributed by atoms with Crippen LogP contribution in [0.15, 0.2) is 18.3 Å². The van der Waals surface area contributed by atoms with Crippen LogP contribution in [0.3, 0.4) is 0 Å². The van der Waals surface area contributed by atoms with E-state index in [0.29, 0.717) is 17.2 Å². The van der Waals surface area contributed by atoms with Crippen molar-refractivity contribution in [2.75, 3.05) is 0 Å². The Morgan fingerprint density at radius 1 is 1.41 bits per heavy atom. The van der Waals surface area contributed by atoms with E-state index >= 15 is 0 Å². The molecule has 0 aliphatic carbocycles. The number of aliphatic hydroxyl groups excluding tert-OH is 1. The fraction of sp³-hybridized carbons (Fsp3) is 0.300. The van der Waals surface area contributed by atoms with Crippen molar-refractivity contribution in [3.8, 4) is 5.82 Å². The molecular weight excluding hydrogens is 230 g/mol. The van der Waals surface area contributed by atoms with Gasteiger partial charge in [-0.25, -0.2) is 13.8 Å². The Bertz CT molecular complexity index is 510. The summed E-state index contributed by atoms with van der Waals surface area (Å²) < 4.78 is 26.0. The van der Waals surface area contributed by atoms with Crippen LogP contribution in [0.1, 0.15) is 23.4 Å². The average Bonchev–Trinajstić information content (AvgIpc) is 2.70. The zero-order valence-electron chi connectivity index (χ0n) is 9.01. The second kappa shape index (κ2) is 4.54. The SMILES string of the molecule is Cc1nnn(-c2ccc(C(F)F)cn2)c1CO. The maximum absolute atomic E-state index is 12.3. The lowest BCUT2D eigenvalue weighted by molar-refractivity contribution is 0.151. The van der Waals surface area contributed by atoms with Crippen molar-refractivity contribution in [3.63, 3.8) is 0 Å². The van der Waals surface area contributed by atoms with Gasteiger partial charge < -0.3 is 5.11 Å². The van der Waals surface area contributed by atoms with Gasteiger partial charge in [0.05, 0.1) is 18.0 Å². The molecule has 0 aliphatic heterocycles. The van der Waals surface area contributed by atoms with Crippen molar-refractivity contribution in [2.24, 2.45) is 0 Å². The molecule has 0 saturated heterocycles. The topological polar surface area (TPSA) is 63.8 Å². The lowest BCUT2D eigenvalue weighted by Gasteiger charge is -2.04. The van der Waals surface area contributed by atoms with E-state index in [-0.39, 0.29) is 12.2 Å². The third-order valence-electron chi connectivity index (χ3n) is 2.35. The fourth-order valence-corrected chi connectivity index (χ4v) is 1.39. The smallest absolute Gasteiger partial charge is 0.265 e. The van der Waals surface area contributed by atoms with E-state index in [2.05, 4.69) is 15.3 Å². The van der Waals surface area contributed by atoms with Crippen LogP contribution in [0.25, 0.3) is 5.82 Å². The van der Waals surface area contributed by atoms with E-state index in [1.807, 2.05) is 0 Å². The number of halogens is 2. The Labute approximate surface area is 95.7 Å². The highest BCUT2D eigenvalue weighted by Gasteiger charge is 2.12. The van der Waals surface area contributed by atoms with Crippen LogP contribution < -0.4 is 0 Å². The number of aliphatic hydroxyl groups is 1. The van der Waals surface area contributed by atoms with E-state index in [4.69, 9.17) is 5.11 Å². The molecule has 0 aliphatic rings. The van der Waals surface area contributed by atoms with E-state index < -0.39 is 6.43 Å².